The molecule has 2 N–H and O–H groups in total. The van der Waals surface area contributed by atoms with Gasteiger partial charge in [0, 0.05) is 26.2 Å². The molecule has 0 heterocycles. The van der Waals surface area contributed by atoms with Gasteiger partial charge in [0.1, 0.15) is 5.75 Å². The Hall–Kier alpha value is -2.68. The normalized spacial score (nSPS) is 11.5. The topological polar surface area (TPSA) is 106 Å². The number of anilines is 1. The molecule has 1 aromatic carbocycles. The van der Waals surface area contributed by atoms with Crippen molar-refractivity contribution in [2.45, 2.75) is 0 Å². The molecule has 1 atom stereocenters. The highest BCUT2D eigenvalue weighted by Crippen LogP contribution is 2.28. The fraction of sp³-hybridized carbons (Fsp3) is 0.429. The number of likely N-dealkylation sites (N-methyl/N-ethyl adjacent to an activating group) is 2. The molecule has 0 saturated heterocycles. The highest BCUT2D eigenvalue weighted by Gasteiger charge is 2.18. The molecule has 9 heteroatoms. The van der Waals surface area contributed by atoms with Gasteiger partial charge in [-0.25, -0.2) is 0 Å². The number of hydrogen-bond donors (Lipinski definition) is 2. The van der Waals surface area contributed by atoms with E-state index in [-0.39, 0.29) is 36.3 Å². The predicted octanol–water partition coefficient (Wildman–Crippen LogP) is -0.855. The fourth-order valence-corrected chi connectivity index (χ4v) is 1.85. The van der Waals surface area contributed by atoms with Crippen molar-refractivity contribution in [3.05, 3.63) is 28.3 Å². The molecule has 0 aliphatic rings. The first-order valence-electron chi connectivity index (χ1n) is 6.88. The van der Waals surface area contributed by atoms with Crippen LogP contribution in [0.15, 0.2) is 18.2 Å². The maximum absolute atomic E-state index is 12.0. The Labute approximate surface area is 134 Å². The Bertz CT molecular complexity index is 603. The van der Waals surface area contributed by atoms with E-state index in [1.165, 1.54) is 30.2 Å². The summed E-state index contributed by atoms with van der Waals surface area (Å²) >= 11 is 0. The van der Waals surface area contributed by atoms with Gasteiger partial charge in [0.05, 0.1) is 24.8 Å². The quantitative estimate of drug-likeness (QED) is 0.501. The molecule has 0 spiro atoms. The Balaban J connectivity index is 2.75. The lowest BCUT2D eigenvalue weighted by Gasteiger charge is -2.16. The number of carbonyl (C=O) groups is 2. The number of rotatable bonds is 7. The SMILES string of the molecule is COc1ccc([N+](=O)[O-])cc1NC(=O)C[NH+](C)CC(=O)N(C)C. The number of nitro groups is 1. The average molecular weight is 325 g/mol. The lowest BCUT2D eigenvalue weighted by molar-refractivity contribution is -0.862. The first-order valence-corrected chi connectivity index (χ1v) is 6.88. The molecule has 2 amide bonds. The average Bonchev–Trinajstić information content (AvgIpc) is 2.46. The highest BCUT2D eigenvalue weighted by atomic mass is 16.6. The summed E-state index contributed by atoms with van der Waals surface area (Å²) < 4.78 is 5.08. The van der Waals surface area contributed by atoms with Crippen LogP contribution in [0.3, 0.4) is 0 Å². The smallest absolute Gasteiger partial charge is 0.279 e. The Kier molecular flexibility index (Phi) is 6.46. The first-order chi connectivity index (χ1) is 10.7. The van der Waals surface area contributed by atoms with Crippen molar-refractivity contribution < 1.29 is 24.1 Å². The number of hydrogen-bond acceptors (Lipinski definition) is 5. The van der Waals surface area contributed by atoms with Crippen molar-refractivity contribution in [2.24, 2.45) is 0 Å². The van der Waals surface area contributed by atoms with Crippen LogP contribution in [0.4, 0.5) is 11.4 Å². The van der Waals surface area contributed by atoms with E-state index in [0.29, 0.717) is 10.6 Å². The third-order valence-corrected chi connectivity index (χ3v) is 3.08. The van der Waals surface area contributed by atoms with Crippen molar-refractivity contribution in [1.29, 1.82) is 0 Å². The van der Waals surface area contributed by atoms with E-state index >= 15 is 0 Å². The molecular formula is C14H21N4O5+. The number of amides is 2. The minimum absolute atomic E-state index is 0.0470. The van der Waals surface area contributed by atoms with Gasteiger partial charge < -0.3 is 19.9 Å². The molecule has 0 radical (unpaired) electrons. The zero-order chi connectivity index (χ0) is 17.6. The van der Waals surface area contributed by atoms with Gasteiger partial charge in [0.2, 0.25) is 0 Å². The van der Waals surface area contributed by atoms with Crippen LogP contribution in [0.5, 0.6) is 5.75 Å². The van der Waals surface area contributed by atoms with E-state index in [0.717, 1.165) is 0 Å². The van der Waals surface area contributed by atoms with Crippen molar-refractivity contribution in [3.8, 4) is 5.75 Å². The van der Waals surface area contributed by atoms with Crippen LogP contribution in [-0.2, 0) is 9.59 Å². The molecule has 0 bridgehead atoms. The first kappa shape index (κ1) is 18.4. The van der Waals surface area contributed by atoms with Crippen molar-refractivity contribution in [2.75, 3.05) is 46.7 Å². The van der Waals surface area contributed by atoms with E-state index in [9.17, 15) is 19.7 Å². The molecule has 0 aliphatic carbocycles. The standard InChI is InChI=1S/C14H20N4O5/c1-16(2)14(20)9-17(3)8-13(19)15-11-7-10(18(21)22)5-6-12(11)23-4/h5-7H,8-9H2,1-4H3,(H,15,19)/p+1. The zero-order valence-corrected chi connectivity index (χ0v) is 13.6. The summed E-state index contributed by atoms with van der Waals surface area (Å²) in [5.41, 5.74) is 0.0722. The van der Waals surface area contributed by atoms with Gasteiger partial charge in [-0.3, -0.25) is 19.7 Å². The molecule has 0 fully saturated rings. The summed E-state index contributed by atoms with van der Waals surface area (Å²) in [6.45, 7) is 0.220. The van der Waals surface area contributed by atoms with Crippen LogP contribution < -0.4 is 15.0 Å². The monoisotopic (exact) mass is 325 g/mol. The number of benzene rings is 1. The van der Waals surface area contributed by atoms with Crippen LogP contribution in [0.25, 0.3) is 0 Å². The molecule has 0 saturated carbocycles. The second kappa shape index (κ2) is 8.08. The van der Waals surface area contributed by atoms with E-state index < -0.39 is 4.92 Å². The Morgan fingerprint density at radius 2 is 2.00 bits per heavy atom. The summed E-state index contributed by atoms with van der Waals surface area (Å²) in [5.74, 6) is -0.137. The number of nitro benzene ring substituents is 1. The van der Waals surface area contributed by atoms with Crippen LogP contribution in [0.2, 0.25) is 0 Å². The van der Waals surface area contributed by atoms with E-state index in [1.807, 2.05) is 0 Å². The van der Waals surface area contributed by atoms with Gasteiger partial charge in [-0.1, -0.05) is 0 Å². The van der Waals surface area contributed by atoms with Gasteiger partial charge >= 0.3 is 0 Å². The predicted molar refractivity (Wildman–Crippen MR) is 83.6 cm³/mol. The number of carbonyl (C=O) groups excluding carboxylic acids is 2. The summed E-state index contributed by atoms with van der Waals surface area (Å²) in [5, 5.41) is 13.4. The number of quaternary nitrogens is 1. The molecule has 1 unspecified atom stereocenters. The second-order valence-corrected chi connectivity index (χ2v) is 5.29. The van der Waals surface area contributed by atoms with Crippen molar-refractivity contribution in [1.82, 2.24) is 4.90 Å². The maximum atomic E-state index is 12.0. The number of ether oxygens (including phenoxy) is 1. The maximum Gasteiger partial charge on any atom is 0.279 e. The highest BCUT2D eigenvalue weighted by molar-refractivity contribution is 5.93. The molecule has 126 valence electrons. The molecule has 23 heavy (non-hydrogen) atoms. The summed E-state index contributed by atoms with van der Waals surface area (Å²) in [4.78, 5) is 36.0. The molecular weight excluding hydrogens is 304 g/mol. The van der Waals surface area contributed by atoms with Crippen LogP contribution in [0, 0.1) is 10.1 Å². The number of nitrogens with one attached hydrogen (secondary N) is 2. The lowest BCUT2D eigenvalue weighted by Crippen LogP contribution is -3.11. The Morgan fingerprint density at radius 3 is 2.52 bits per heavy atom. The van der Waals surface area contributed by atoms with Gasteiger partial charge in [0.15, 0.2) is 13.1 Å². The second-order valence-electron chi connectivity index (χ2n) is 5.29. The van der Waals surface area contributed by atoms with Crippen molar-refractivity contribution >= 4 is 23.2 Å². The minimum atomic E-state index is -0.553. The van der Waals surface area contributed by atoms with Gasteiger partial charge in [0.25, 0.3) is 17.5 Å². The summed E-state index contributed by atoms with van der Waals surface area (Å²) in [6.07, 6.45) is 0. The van der Waals surface area contributed by atoms with E-state index in [2.05, 4.69) is 5.32 Å². The number of non-ortho nitro benzene ring substituents is 1. The molecule has 0 aromatic heterocycles. The third kappa shape index (κ3) is 5.55. The third-order valence-electron chi connectivity index (χ3n) is 3.08. The zero-order valence-electron chi connectivity index (χ0n) is 13.6. The molecule has 0 aliphatic heterocycles. The summed E-state index contributed by atoms with van der Waals surface area (Å²) in [6, 6.07) is 3.94. The number of nitrogens with zero attached hydrogens (tertiary/aromatic N) is 2. The van der Waals surface area contributed by atoms with Crippen LogP contribution in [0.1, 0.15) is 0 Å². The van der Waals surface area contributed by atoms with Gasteiger partial charge in [-0.2, -0.15) is 0 Å². The van der Waals surface area contributed by atoms with E-state index in [1.54, 1.807) is 21.1 Å². The summed E-state index contributed by atoms with van der Waals surface area (Å²) in [7, 11) is 6.41. The molecule has 1 aromatic rings. The van der Waals surface area contributed by atoms with E-state index in [4.69, 9.17) is 4.74 Å². The fourth-order valence-electron chi connectivity index (χ4n) is 1.85. The lowest BCUT2D eigenvalue weighted by atomic mass is 10.2. The molecule has 1 rings (SSSR count). The Morgan fingerprint density at radius 1 is 1.35 bits per heavy atom. The largest absolute Gasteiger partial charge is 0.495 e. The van der Waals surface area contributed by atoms with Crippen LogP contribution >= 0.6 is 0 Å². The van der Waals surface area contributed by atoms with Crippen molar-refractivity contribution in [3.63, 3.8) is 0 Å². The van der Waals surface area contributed by atoms with Gasteiger partial charge in [-0.05, 0) is 6.07 Å². The van der Waals surface area contributed by atoms with Gasteiger partial charge in [-0.15, -0.1) is 0 Å². The number of methoxy groups -OCH3 is 1. The minimum Gasteiger partial charge on any atom is -0.495 e. The molecule has 9 nitrogen and oxygen atoms in total. The van der Waals surface area contributed by atoms with Crippen LogP contribution in [-0.4, -0.2) is 63.0 Å².